The van der Waals surface area contributed by atoms with Gasteiger partial charge in [-0.3, -0.25) is 14.6 Å². The van der Waals surface area contributed by atoms with Crippen molar-refractivity contribution in [2.75, 3.05) is 63.2 Å². The van der Waals surface area contributed by atoms with E-state index in [1.165, 1.54) is 23.5 Å². The van der Waals surface area contributed by atoms with Crippen molar-refractivity contribution in [1.82, 2.24) is 19.5 Å². The van der Waals surface area contributed by atoms with Crippen LogP contribution in [0.25, 0.3) is 21.9 Å². The summed E-state index contributed by atoms with van der Waals surface area (Å²) in [6.45, 7) is 20.6. The molecule has 0 bridgehead atoms. The van der Waals surface area contributed by atoms with Gasteiger partial charge in [0.2, 0.25) is 5.88 Å². The third-order valence-corrected chi connectivity index (χ3v) is 11.2. The Morgan fingerprint density at radius 3 is 2.48 bits per heavy atom. The molecule has 1 aliphatic heterocycles. The summed E-state index contributed by atoms with van der Waals surface area (Å²) in [6, 6.07) is 10.7. The molecule has 4 aromatic rings. The van der Waals surface area contributed by atoms with Gasteiger partial charge in [-0.15, -0.1) is 0 Å². The Kier molecular flexibility index (Phi) is 14.2. The van der Waals surface area contributed by atoms with Gasteiger partial charge in [0, 0.05) is 39.2 Å². The summed E-state index contributed by atoms with van der Waals surface area (Å²) in [4.78, 5) is 50.5. The van der Waals surface area contributed by atoms with E-state index in [2.05, 4.69) is 40.3 Å². The number of rotatable bonds is 15. The maximum absolute atomic E-state index is 14.1. The third kappa shape index (κ3) is 10.1. The van der Waals surface area contributed by atoms with E-state index < -0.39 is 23.3 Å². The van der Waals surface area contributed by atoms with Crippen LogP contribution in [0.4, 0.5) is 21.9 Å². The molecular weight excluding hydrogens is 795 g/mol. The van der Waals surface area contributed by atoms with Crippen LogP contribution in [-0.4, -0.2) is 101 Å². The molecule has 322 valence electrons. The predicted molar refractivity (Wildman–Crippen MR) is 225 cm³/mol. The number of esters is 2. The van der Waals surface area contributed by atoms with Gasteiger partial charge in [-0.1, -0.05) is 26.8 Å². The number of hydrogen-bond acceptors (Lipinski definition) is 12. The maximum Gasteiger partial charge on any atom is 0.414 e. The lowest BCUT2D eigenvalue weighted by molar-refractivity contribution is -0.143. The second-order valence-electron chi connectivity index (χ2n) is 15.5. The summed E-state index contributed by atoms with van der Waals surface area (Å²) in [5.74, 6) is 0.278. The number of aromatic amines is 1. The molecule has 3 heterocycles. The van der Waals surface area contributed by atoms with Crippen molar-refractivity contribution in [2.45, 2.75) is 66.4 Å². The van der Waals surface area contributed by atoms with Crippen LogP contribution in [0.1, 0.15) is 69.3 Å². The SMILES string of the molecule is [C-]#[N+]c1c(C(=O)OC2C(C)CC(C)CC2C)c2nc(-c3ccc(N4CCOCC4)c(NS(=O)Oc4cc(C)ccc4OCCCC(=O)OCC)c3)[nH]n2c1OC(=O)N(C)C. The number of aryl methyl sites for hydroxylation is 1. The second-order valence-corrected chi connectivity index (χ2v) is 16.3. The number of nitrogens with zero attached hydrogens (tertiary/aromatic N) is 5. The minimum absolute atomic E-state index is 0.0416. The minimum Gasteiger partial charge on any atom is -0.490 e. The van der Waals surface area contributed by atoms with Crippen LogP contribution in [0.15, 0.2) is 36.4 Å². The van der Waals surface area contributed by atoms with Crippen molar-refractivity contribution in [3.63, 3.8) is 0 Å². The average molecular weight is 848 g/mol. The molecule has 2 N–H and O–H groups in total. The lowest BCUT2D eigenvalue weighted by atomic mass is 9.75. The van der Waals surface area contributed by atoms with Crippen molar-refractivity contribution in [2.24, 2.45) is 17.8 Å². The first-order valence-corrected chi connectivity index (χ1v) is 21.2. The molecule has 2 fully saturated rings. The number of benzene rings is 2. The molecule has 60 heavy (non-hydrogen) atoms. The van der Waals surface area contributed by atoms with Gasteiger partial charge in [0.25, 0.3) is 5.69 Å². The van der Waals surface area contributed by atoms with Gasteiger partial charge in [-0.2, -0.15) is 4.21 Å². The Morgan fingerprint density at radius 1 is 1.07 bits per heavy atom. The van der Waals surface area contributed by atoms with Crippen LogP contribution in [0, 0.1) is 31.2 Å². The van der Waals surface area contributed by atoms with Crippen molar-refractivity contribution in [3.8, 4) is 28.8 Å². The van der Waals surface area contributed by atoms with Crippen LogP contribution in [0.2, 0.25) is 0 Å². The van der Waals surface area contributed by atoms with Gasteiger partial charge in [0.1, 0.15) is 11.7 Å². The number of nitrogens with one attached hydrogen (secondary N) is 2. The van der Waals surface area contributed by atoms with E-state index in [9.17, 15) is 18.6 Å². The third-order valence-electron chi connectivity index (χ3n) is 10.5. The highest BCUT2D eigenvalue weighted by Gasteiger charge is 2.37. The quantitative estimate of drug-likeness (QED) is 0.0705. The summed E-state index contributed by atoms with van der Waals surface area (Å²) < 4.78 is 52.4. The number of hydrogen-bond donors (Lipinski definition) is 2. The van der Waals surface area contributed by atoms with Gasteiger partial charge >= 0.3 is 29.3 Å². The second kappa shape index (κ2) is 19.5. The van der Waals surface area contributed by atoms with Crippen molar-refractivity contribution in [1.29, 1.82) is 0 Å². The van der Waals surface area contributed by atoms with Crippen molar-refractivity contribution >= 4 is 52.0 Å². The Hall–Kier alpha value is -5.80. The van der Waals surface area contributed by atoms with E-state index in [4.69, 9.17) is 39.4 Å². The van der Waals surface area contributed by atoms with Gasteiger partial charge in [0.05, 0.1) is 44.4 Å². The van der Waals surface area contributed by atoms with Crippen LogP contribution in [0.3, 0.4) is 0 Å². The molecule has 1 aliphatic carbocycles. The highest BCUT2D eigenvalue weighted by Crippen LogP contribution is 2.42. The summed E-state index contributed by atoms with van der Waals surface area (Å²) in [5.41, 5.74) is 2.23. The monoisotopic (exact) mass is 847 g/mol. The fourth-order valence-electron chi connectivity index (χ4n) is 7.74. The van der Waals surface area contributed by atoms with E-state index in [0.29, 0.717) is 62.2 Å². The molecule has 2 aliphatic rings. The summed E-state index contributed by atoms with van der Waals surface area (Å²) in [7, 11) is 3.01. The molecular formula is C42H53N7O10S. The Balaban J connectivity index is 1.33. The number of morpholine rings is 1. The molecule has 6 rings (SSSR count). The molecule has 3 unspecified atom stereocenters. The summed E-state index contributed by atoms with van der Waals surface area (Å²) in [5, 5.41) is 3.12. The van der Waals surface area contributed by atoms with Gasteiger partial charge < -0.3 is 37.7 Å². The Morgan fingerprint density at radius 2 is 1.80 bits per heavy atom. The Labute approximate surface area is 352 Å². The van der Waals surface area contributed by atoms with Crippen LogP contribution >= 0.6 is 0 Å². The molecule has 2 aromatic carbocycles. The normalized spacial score (nSPS) is 19.5. The number of carbonyl (C=O) groups is 3. The first kappa shape index (κ1) is 43.8. The number of aromatic nitrogens is 3. The molecule has 1 saturated carbocycles. The van der Waals surface area contributed by atoms with E-state index in [-0.39, 0.29) is 71.3 Å². The number of carbonyl (C=O) groups excluding carboxylic acids is 3. The number of ether oxygens (including phenoxy) is 5. The summed E-state index contributed by atoms with van der Waals surface area (Å²) in [6.07, 6.45) is 1.27. The lowest BCUT2D eigenvalue weighted by Gasteiger charge is -2.37. The van der Waals surface area contributed by atoms with Crippen molar-refractivity contribution < 1.29 is 46.5 Å². The zero-order valence-corrected chi connectivity index (χ0v) is 35.9. The predicted octanol–water partition coefficient (Wildman–Crippen LogP) is 7.10. The van der Waals surface area contributed by atoms with E-state index in [1.54, 1.807) is 25.1 Å². The fraction of sp³-hybridized carbons (Fsp3) is 0.500. The number of fused-ring (bicyclic) bond motifs is 1. The topological polar surface area (TPSA) is 180 Å². The van der Waals surface area contributed by atoms with Crippen LogP contribution in [-0.2, 0) is 30.3 Å². The van der Waals surface area contributed by atoms with Gasteiger partial charge in [-0.25, -0.2) is 23.9 Å². The van der Waals surface area contributed by atoms with Crippen LogP contribution in [0.5, 0.6) is 17.4 Å². The standard InChI is InChI=1S/C42H53N7O10S/c1-9-55-34(50)11-10-18-56-32-15-12-25(2)23-33(32)59-60(53)46-30-24-29(13-14-31(30)48-16-19-54-20-17-48)38-44-39-35(41(51)57-37-27(4)21-26(3)22-28(37)5)36(43-6)40(49(39)45-38)58-42(52)47(7)8/h12-15,23-24,26-28,37,46H,9-11,16-22H2,1-5,7-8H3,(H,44,45). The zero-order valence-electron chi connectivity index (χ0n) is 35.1. The highest BCUT2D eigenvalue weighted by molar-refractivity contribution is 7.82. The smallest absolute Gasteiger partial charge is 0.414 e. The largest absolute Gasteiger partial charge is 0.490 e. The van der Waals surface area contributed by atoms with Gasteiger partial charge in [0.15, 0.2) is 23.0 Å². The number of amides is 1. The van der Waals surface area contributed by atoms with Crippen molar-refractivity contribution in [3.05, 3.63) is 58.9 Å². The lowest BCUT2D eigenvalue weighted by Crippen LogP contribution is -2.37. The molecule has 18 heteroatoms. The fourth-order valence-corrected chi connectivity index (χ4v) is 8.42. The minimum atomic E-state index is -2.14. The number of anilines is 2. The molecule has 17 nitrogen and oxygen atoms in total. The highest BCUT2D eigenvalue weighted by atomic mass is 32.2. The van der Waals surface area contributed by atoms with E-state index in [1.807, 2.05) is 25.1 Å². The van der Waals surface area contributed by atoms with Gasteiger partial charge in [-0.05, 0) is 86.8 Å². The van der Waals surface area contributed by atoms with Crippen LogP contribution < -0.4 is 23.3 Å². The maximum atomic E-state index is 14.1. The first-order valence-electron chi connectivity index (χ1n) is 20.1. The average Bonchev–Trinajstić information content (AvgIpc) is 3.76. The molecule has 0 radical (unpaired) electrons. The molecule has 1 saturated heterocycles. The summed E-state index contributed by atoms with van der Waals surface area (Å²) >= 11 is -2.14. The van der Waals surface area contributed by atoms with E-state index >= 15 is 0 Å². The Bertz CT molecular complexity index is 2250. The first-order chi connectivity index (χ1) is 28.8. The van der Waals surface area contributed by atoms with E-state index in [0.717, 1.165) is 24.1 Å². The molecule has 1 amide bonds. The molecule has 0 spiro atoms. The number of H-pyrrole nitrogens is 1. The molecule has 2 aromatic heterocycles. The molecule has 3 atom stereocenters. The zero-order chi connectivity index (χ0) is 43.1.